The summed E-state index contributed by atoms with van der Waals surface area (Å²) >= 11 is 0. The Balaban J connectivity index is 1.68. The van der Waals surface area contributed by atoms with Gasteiger partial charge in [-0.25, -0.2) is 8.42 Å². The molecule has 158 valence electrons. The molecule has 0 saturated carbocycles. The molecule has 3 aromatic rings. The number of aromatic nitrogens is 3. The van der Waals surface area contributed by atoms with Crippen LogP contribution in [-0.2, 0) is 28.4 Å². The minimum atomic E-state index is -3.73. The number of fused-ring (bicyclic) bond motifs is 1. The highest BCUT2D eigenvalue weighted by atomic mass is 32.2. The number of rotatable bonds is 4. The fourth-order valence-corrected chi connectivity index (χ4v) is 5.60. The number of benzene rings is 2. The Kier molecular flexibility index (Phi) is 4.97. The molecule has 0 amide bonds. The average Bonchev–Trinajstić information content (AvgIpc) is 3.23. The third-order valence-electron chi connectivity index (χ3n) is 5.58. The second kappa shape index (κ2) is 7.23. The van der Waals surface area contributed by atoms with Crippen LogP contribution in [0.25, 0.3) is 11.4 Å². The van der Waals surface area contributed by atoms with Crippen molar-refractivity contribution in [3.8, 4) is 11.4 Å². The van der Waals surface area contributed by atoms with Crippen LogP contribution < -0.4 is 4.72 Å². The molecule has 1 N–H and O–H groups in total. The Labute approximate surface area is 178 Å². The number of anilines is 1. The van der Waals surface area contributed by atoms with Gasteiger partial charge in [-0.05, 0) is 54.5 Å². The maximum absolute atomic E-state index is 13.2. The van der Waals surface area contributed by atoms with E-state index in [1.807, 2.05) is 44.2 Å². The lowest BCUT2D eigenvalue weighted by molar-refractivity contribution is 0.585. The van der Waals surface area contributed by atoms with Crippen LogP contribution in [0.5, 0.6) is 0 Å². The summed E-state index contributed by atoms with van der Waals surface area (Å²) in [6.07, 6.45) is 2.00. The molecule has 30 heavy (non-hydrogen) atoms. The van der Waals surface area contributed by atoms with Crippen molar-refractivity contribution in [3.05, 3.63) is 58.9 Å². The van der Waals surface area contributed by atoms with Crippen LogP contribution in [0.3, 0.4) is 0 Å². The van der Waals surface area contributed by atoms with Crippen molar-refractivity contribution < 1.29 is 8.42 Å². The van der Waals surface area contributed by atoms with Crippen LogP contribution in [0.1, 0.15) is 49.7 Å². The molecule has 1 aliphatic rings. The van der Waals surface area contributed by atoms with Gasteiger partial charge in [0, 0.05) is 24.2 Å². The fraction of sp³-hybridized carbons (Fsp3) is 0.391. The topological polar surface area (TPSA) is 76.9 Å². The van der Waals surface area contributed by atoms with Gasteiger partial charge in [0.1, 0.15) is 5.82 Å². The van der Waals surface area contributed by atoms with E-state index in [0.717, 1.165) is 53.3 Å². The number of aryl methyl sites for hydroxylation is 3. The summed E-state index contributed by atoms with van der Waals surface area (Å²) in [5.41, 5.74) is 3.95. The maximum Gasteiger partial charge on any atom is 0.262 e. The lowest BCUT2D eigenvalue weighted by Crippen LogP contribution is -2.18. The van der Waals surface area contributed by atoms with Gasteiger partial charge < -0.3 is 4.57 Å². The Morgan fingerprint density at radius 3 is 2.40 bits per heavy atom. The van der Waals surface area contributed by atoms with Gasteiger partial charge in [-0.2, -0.15) is 0 Å². The molecular weight excluding hydrogens is 396 g/mol. The molecule has 0 fully saturated rings. The van der Waals surface area contributed by atoms with Crippen LogP contribution in [0, 0.1) is 13.8 Å². The number of hydrogen-bond acceptors (Lipinski definition) is 4. The quantitative estimate of drug-likeness (QED) is 0.664. The van der Waals surface area contributed by atoms with Crippen molar-refractivity contribution in [2.45, 2.75) is 64.3 Å². The largest absolute Gasteiger partial charge is 0.311 e. The highest BCUT2D eigenvalue weighted by Gasteiger charge is 2.24. The Bertz CT molecular complexity index is 1200. The van der Waals surface area contributed by atoms with E-state index in [0.29, 0.717) is 10.6 Å². The smallest absolute Gasteiger partial charge is 0.262 e. The summed E-state index contributed by atoms with van der Waals surface area (Å²) in [5.74, 6) is 1.77. The highest BCUT2D eigenvalue weighted by Crippen LogP contribution is 2.31. The normalized spacial score (nSPS) is 14.0. The van der Waals surface area contributed by atoms with Gasteiger partial charge in [-0.1, -0.05) is 45.0 Å². The first-order valence-corrected chi connectivity index (χ1v) is 11.7. The SMILES string of the molecule is Cc1cc(C(C)(C)C)cc(C)c1S(=O)(=O)Nc1cccc(-c2nnc3n2CCC3)c1. The van der Waals surface area contributed by atoms with Crippen molar-refractivity contribution in [2.24, 2.45) is 0 Å². The number of sulfonamides is 1. The summed E-state index contributed by atoms with van der Waals surface area (Å²) < 4.78 is 31.4. The van der Waals surface area contributed by atoms with Gasteiger partial charge in [-0.15, -0.1) is 10.2 Å². The van der Waals surface area contributed by atoms with E-state index < -0.39 is 10.0 Å². The van der Waals surface area contributed by atoms with Gasteiger partial charge in [-0.3, -0.25) is 4.72 Å². The molecule has 0 aliphatic carbocycles. The third kappa shape index (κ3) is 3.74. The summed E-state index contributed by atoms with van der Waals surface area (Å²) in [4.78, 5) is 0.337. The first-order chi connectivity index (χ1) is 14.1. The molecule has 0 radical (unpaired) electrons. The molecule has 7 heteroatoms. The summed E-state index contributed by atoms with van der Waals surface area (Å²) in [5, 5.41) is 8.55. The van der Waals surface area contributed by atoms with Crippen molar-refractivity contribution in [2.75, 3.05) is 4.72 Å². The zero-order valence-corrected chi connectivity index (χ0v) is 19.0. The molecule has 2 heterocycles. The standard InChI is InChI=1S/C23H28N4O2S/c1-15-12-18(23(3,4)5)13-16(2)21(15)30(28,29)26-19-9-6-8-17(14-19)22-25-24-20-10-7-11-27(20)22/h6,8-9,12-14,26H,7,10-11H2,1-5H3. The van der Waals surface area contributed by atoms with E-state index in [-0.39, 0.29) is 5.41 Å². The van der Waals surface area contributed by atoms with Crippen LogP contribution in [0.4, 0.5) is 5.69 Å². The maximum atomic E-state index is 13.2. The van der Waals surface area contributed by atoms with Crippen LogP contribution in [0.15, 0.2) is 41.3 Å². The molecule has 4 rings (SSSR count). The van der Waals surface area contributed by atoms with Crippen LogP contribution in [0.2, 0.25) is 0 Å². The monoisotopic (exact) mass is 424 g/mol. The van der Waals surface area contributed by atoms with Crippen molar-refractivity contribution in [1.29, 1.82) is 0 Å². The molecule has 0 bridgehead atoms. The zero-order chi connectivity index (χ0) is 21.7. The van der Waals surface area contributed by atoms with Gasteiger partial charge >= 0.3 is 0 Å². The van der Waals surface area contributed by atoms with E-state index in [1.165, 1.54) is 0 Å². The third-order valence-corrected chi connectivity index (χ3v) is 7.26. The molecule has 0 saturated heterocycles. The number of nitrogens with one attached hydrogen (secondary N) is 1. The van der Waals surface area contributed by atoms with Crippen molar-refractivity contribution in [1.82, 2.24) is 14.8 Å². The Hall–Kier alpha value is -2.67. The van der Waals surface area contributed by atoms with Gasteiger partial charge in [0.2, 0.25) is 0 Å². The minimum absolute atomic E-state index is 0.0436. The lowest BCUT2D eigenvalue weighted by Gasteiger charge is -2.22. The highest BCUT2D eigenvalue weighted by molar-refractivity contribution is 7.92. The first-order valence-electron chi connectivity index (χ1n) is 10.2. The fourth-order valence-electron chi connectivity index (χ4n) is 4.10. The van der Waals surface area contributed by atoms with Gasteiger partial charge in [0.15, 0.2) is 5.82 Å². The number of nitrogens with zero attached hydrogens (tertiary/aromatic N) is 3. The molecule has 1 aliphatic heterocycles. The van der Waals surface area contributed by atoms with Crippen LogP contribution >= 0.6 is 0 Å². The molecular formula is C23H28N4O2S. The second-order valence-corrected chi connectivity index (χ2v) is 10.7. The average molecular weight is 425 g/mol. The summed E-state index contributed by atoms with van der Waals surface area (Å²) in [6.45, 7) is 11.0. The predicted octanol–water partition coefficient (Wildman–Crippen LogP) is 4.61. The number of hydrogen-bond donors (Lipinski definition) is 1. The summed E-state index contributed by atoms with van der Waals surface area (Å²) in [6, 6.07) is 11.3. The molecule has 1 aromatic heterocycles. The van der Waals surface area contributed by atoms with E-state index in [2.05, 4.69) is 40.3 Å². The van der Waals surface area contributed by atoms with Crippen LogP contribution in [-0.4, -0.2) is 23.2 Å². The van der Waals surface area contributed by atoms with E-state index in [9.17, 15) is 8.42 Å². The van der Waals surface area contributed by atoms with E-state index in [1.54, 1.807) is 6.07 Å². The van der Waals surface area contributed by atoms with E-state index in [4.69, 9.17) is 0 Å². The molecule has 0 unspecified atom stereocenters. The second-order valence-electron chi connectivity index (χ2n) is 9.07. The molecule has 0 atom stereocenters. The lowest BCUT2D eigenvalue weighted by atomic mass is 9.85. The minimum Gasteiger partial charge on any atom is -0.311 e. The van der Waals surface area contributed by atoms with Crippen molar-refractivity contribution in [3.63, 3.8) is 0 Å². The Morgan fingerprint density at radius 1 is 1.03 bits per heavy atom. The van der Waals surface area contributed by atoms with Crippen molar-refractivity contribution >= 4 is 15.7 Å². The van der Waals surface area contributed by atoms with Gasteiger partial charge in [0.05, 0.1) is 4.90 Å². The molecule has 0 spiro atoms. The molecule has 2 aromatic carbocycles. The van der Waals surface area contributed by atoms with Gasteiger partial charge in [0.25, 0.3) is 10.0 Å². The Morgan fingerprint density at radius 2 is 1.73 bits per heavy atom. The first kappa shape index (κ1) is 20.6. The molecule has 6 nitrogen and oxygen atoms in total. The summed E-state index contributed by atoms with van der Waals surface area (Å²) in [7, 11) is -3.73. The predicted molar refractivity (Wildman–Crippen MR) is 119 cm³/mol. The van der Waals surface area contributed by atoms with E-state index >= 15 is 0 Å². The zero-order valence-electron chi connectivity index (χ0n) is 18.2.